The molecule has 1 aromatic heterocycles. The zero-order chi connectivity index (χ0) is 13.6. The van der Waals surface area contributed by atoms with Gasteiger partial charge in [-0.15, -0.1) is 0 Å². The number of aromatic nitrogens is 2. The van der Waals surface area contributed by atoms with Gasteiger partial charge in [0.1, 0.15) is 5.82 Å². The molecule has 1 saturated heterocycles. The molecule has 102 valence electrons. The Labute approximate surface area is 124 Å². The van der Waals surface area contributed by atoms with Gasteiger partial charge in [-0.1, -0.05) is 0 Å². The van der Waals surface area contributed by atoms with Gasteiger partial charge in [-0.05, 0) is 67.2 Å². The molecule has 0 radical (unpaired) electrons. The monoisotopic (exact) mass is 343 g/mol. The highest BCUT2D eigenvalue weighted by Crippen LogP contribution is 2.29. The van der Waals surface area contributed by atoms with Crippen molar-refractivity contribution < 1.29 is 4.39 Å². The number of hydrogen-bond acceptors (Lipinski definition) is 2. The van der Waals surface area contributed by atoms with Gasteiger partial charge in [0.05, 0.1) is 15.5 Å². The van der Waals surface area contributed by atoms with Gasteiger partial charge in [-0.2, -0.15) is 0 Å². The molecule has 0 aliphatic carbocycles. The van der Waals surface area contributed by atoms with Gasteiger partial charge in [0.2, 0.25) is 0 Å². The minimum absolute atomic E-state index is 0.247. The first-order valence-corrected chi connectivity index (χ1v) is 7.54. The van der Waals surface area contributed by atoms with E-state index in [0.29, 0.717) is 15.3 Å². The highest BCUT2D eigenvalue weighted by molar-refractivity contribution is 9.10. The van der Waals surface area contributed by atoms with Gasteiger partial charge in [0.15, 0.2) is 4.77 Å². The summed E-state index contributed by atoms with van der Waals surface area (Å²) in [6, 6.07) is 3.67. The lowest BCUT2D eigenvalue weighted by atomic mass is 10.1. The summed E-state index contributed by atoms with van der Waals surface area (Å²) in [6.07, 6.45) is 2.10. The van der Waals surface area contributed by atoms with E-state index in [-0.39, 0.29) is 5.82 Å². The molecule has 3 nitrogen and oxygen atoms in total. The predicted molar refractivity (Wildman–Crippen MR) is 80.5 cm³/mol. The van der Waals surface area contributed by atoms with E-state index >= 15 is 0 Å². The second-order valence-electron chi connectivity index (χ2n) is 5.12. The Kier molecular flexibility index (Phi) is 3.49. The number of benzene rings is 1. The maximum absolute atomic E-state index is 13.8. The summed E-state index contributed by atoms with van der Waals surface area (Å²) in [4.78, 5) is 5.48. The Bertz CT molecular complexity index is 670. The number of likely N-dealkylation sites (tertiary alicyclic amines) is 1. The first-order chi connectivity index (χ1) is 9.06. The molecule has 2 aromatic rings. The van der Waals surface area contributed by atoms with E-state index in [1.165, 1.54) is 0 Å². The van der Waals surface area contributed by atoms with Crippen molar-refractivity contribution in [2.24, 2.45) is 0 Å². The van der Waals surface area contributed by atoms with E-state index in [2.05, 4.69) is 37.4 Å². The SMILES string of the molecule is CN1CCC(n2c(=S)[nH]c3cc(Br)c(F)cc32)CC1. The smallest absolute Gasteiger partial charge is 0.178 e. The van der Waals surface area contributed by atoms with Gasteiger partial charge in [0.25, 0.3) is 0 Å². The number of piperidine rings is 1. The molecule has 0 bridgehead atoms. The molecule has 0 amide bonds. The zero-order valence-electron chi connectivity index (χ0n) is 10.6. The van der Waals surface area contributed by atoms with Gasteiger partial charge in [-0.25, -0.2) is 4.39 Å². The van der Waals surface area contributed by atoms with Crippen LogP contribution in [0.4, 0.5) is 4.39 Å². The Morgan fingerprint density at radius 1 is 1.37 bits per heavy atom. The molecule has 2 heterocycles. The number of imidazole rings is 1. The zero-order valence-corrected chi connectivity index (χ0v) is 13.0. The van der Waals surface area contributed by atoms with Gasteiger partial charge >= 0.3 is 0 Å². The summed E-state index contributed by atoms with van der Waals surface area (Å²) in [6.45, 7) is 2.11. The van der Waals surface area contributed by atoms with E-state index in [0.717, 1.165) is 37.0 Å². The molecule has 1 fully saturated rings. The van der Waals surface area contributed by atoms with Crippen LogP contribution in [-0.2, 0) is 0 Å². The van der Waals surface area contributed by atoms with Crippen molar-refractivity contribution in [2.75, 3.05) is 20.1 Å². The fraction of sp³-hybridized carbons (Fsp3) is 0.462. The molecule has 3 rings (SSSR count). The number of nitrogens with zero attached hydrogens (tertiary/aromatic N) is 2. The number of rotatable bonds is 1. The summed E-state index contributed by atoms with van der Waals surface area (Å²) in [5, 5.41) is 0. The van der Waals surface area contributed by atoms with E-state index in [4.69, 9.17) is 12.2 Å². The number of H-pyrrole nitrogens is 1. The topological polar surface area (TPSA) is 24.0 Å². The minimum Gasteiger partial charge on any atom is -0.331 e. The van der Waals surface area contributed by atoms with Crippen molar-refractivity contribution in [1.29, 1.82) is 0 Å². The highest BCUT2D eigenvalue weighted by Gasteiger charge is 2.21. The lowest BCUT2D eigenvalue weighted by Gasteiger charge is -2.30. The van der Waals surface area contributed by atoms with E-state index < -0.39 is 0 Å². The highest BCUT2D eigenvalue weighted by atomic mass is 79.9. The van der Waals surface area contributed by atoms with Crippen LogP contribution >= 0.6 is 28.1 Å². The second kappa shape index (κ2) is 5.00. The predicted octanol–water partition coefficient (Wildman–Crippen LogP) is 3.87. The largest absolute Gasteiger partial charge is 0.331 e. The average molecular weight is 344 g/mol. The van der Waals surface area contributed by atoms with Crippen LogP contribution < -0.4 is 0 Å². The van der Waals surface area contributed by atoms with Crippen LogP contribution in [0.25, 0.3) is 11.0 Å². The van der Waals surface area contributed by atoms with Crippen molar-refractivity contribution in [1.82, 2.24) is 14.5 Å². The molecule has 1 aliphatic rings. The Hall–Kier alpha value is -0.720. The fourth-order valence-electron chi connectivity index (χ4n) is 2.74. The molecule has 0 saturated carbocycles. The van der Waals surface area contributed by atoms with Crippen LogP contribution in [0.2, 0.25) is 0 Å². The van der Waals surface area contributed by atoms with Crippen molar-refractivity contribution in [3.05, 3.63) is 27.2 Å². The van der Waals surface area contributed by atoms with Crippen LogP contribution in [0.3, 0.4) is 0 Å². The molecule has 19 heavy (non-hydrogen) atoms. The minimum atomic E-state index is -0.247. The maximum Gasteiger partial charge on any atom is 0.178 e. The molecular formula is C13H15BrFN3S. The van der Waals surface area contributed by atoms with Crippen LogP contribution in [-0.4, -0.2) is 34.6 Å². The molecule has 0 spiro atoms. The molecule has 0 atom stereocenters. The van der Waals surface area contributed by atoms with Crippen molar-refractivity contribution in [3.63, 3.8) is 0 Å². The van der Waals surface area contributed by atoms with Gasteiger partial charge in [0, 0.05) is 12.1 Å². The number of fused-ring (bicyclic) bond motifs is 1. The van der Waals surface area contributed by atoms with E-state index in [9.17, 15) is 4.39 Å². The van der Waals surface area contributed by atoms with Crippen LogP contribution in [0, 0.1) is 10.6 Å². The fourth-order valence-corrected chi connectivity index (χ4v) is 3.44. The summed E-state index contributed by atoms with van der Waals surface area (Å²) in [7, 11) is 2.13. The summed E-state index contributed by atoms with van der Waals surface area (Å²) >= 11 is 8.61. The standard InChI is InChI=1S/C13H15BrFN3S/c1-17-4-2-8(3-5-17)18-12-7-10(15)9(14)6-11(12)16-13(18)19/h6-8H,2-5H2,1H3,(H,16,19). The van der Waals surface area contributed by atoms with Crippen LogP contribution in [0.1, 0.15) is 18.9 Å². The summed E-state index contributed by atoms with van der Waals surface area (Å²) < 4.78 is 17.0. The van der Waals surface area contributed by atoms with Crippen LogP contribution in [0.15, 0.2) is 16.6 Å². The normalized spacial score (nSPS) is 18.3. The van der Waals surface area contributed by atoms with Gasteiger partial charge < -0.3 is 14.5 Å². The first-order valence-electron chi connectivity index (χ1n) is 6.34. The van der Waals surface area contributed by atoms with E-state index in [1.807, 2.05) is 0 Å². The molecule has 1 aliphatic heterocycles. The average Bonchev–Trinajstić information content (AvgIpc) is 2.67. The molecule has 0 unspecified atom stereocenters. The van der Waals surface area contributed by atoms with Crippen LogP contribution in [0.5, 0.6) is 0 Å². The van der Waals surface area contributed by atoms with Crippen molar-refractivity contribution in [2.45, 2.75) is 18.9 Å². The quantitative estimate of drug-likeness (QED) is 0.794. The van der Waals surface area contributed by atoms with Crippen molar-refractivity contribution >= 4 is 39.2 Å². The maximum atomic E-state index is 13.8. The Balaban J connectivity index is 2.10. The Morgan fingerprint density at radius 3 is 2.74 bits per heavy atom. The third-order valence-corrected chi connectivity index (χ3v) is 4.72. The van der Waals surface area contributed by atoms with Crippen molar-refractivity contribution in [3.8, 4) is 0 Å². The first kappa shape index (κ1) is 13.3. The number of halogens is 2. The molecule has 6 heteroatoms. The Morgan fingerprint density at radius 2 is 2.05 bits per heavy atom. The number of aromatic amines is 1. The lowest BCUT2D eigenvalue weighted by Crippen LogP contribution is -2.31. The third kappa shape index (κ3) is 2.37. The molecular weight excluding hydrogens is 329 g/mol. The number of nitrogens with one attached hydrogen (secondary N) is 1. The van der Waals surface area contributed by atoms with E-state index in [1.54, 1.807) is 12.1 Å². The molecule has 1 N–H and O–H groups in total. The lowest BCUT2D eigenvalue weighted by molar-refractivity contribution is 0.223. The van der Waals surface area contributed by atoms with Gasteiger partial charge in [-0.3, -0.25) is 0 Å². The third-order valence-electron chi connectivity index (χ3n) is 3.81. The summed E-state index contributed by atoms with van der Waals surface area (Å²) in [5.74, 6) is -0.247. The molecule has 1 aromatic carbocycles. The number of hydrogen-bond donors (Lipinski definition) is 1. The second-order valence-corrected chi connectivity index (χ2v) is 6.36. The summed E-state index contributed by atoms with van der Waals surface area (Å²) in [5.41, 5.74) is 1.75.